The number of hydrogen-bond acceptors (Lipinski definition) is 3. The maximum Gasteiger partial charge on any atom is 0.191 e. The second kappa shape index (κ2) is 5.97. The maximum atomic E-state index is 13.6. The fraction of sp³-hybridized carbons (Fsp3) is 0.333. The standard InChI is InChI=1S/C12H12ClF2N3O/c1-2-18-11(16-7-17-18)6-19-12-9(14)3-8(5-13)4-10(12)15/h3-4,7H,2,5-6H2,1H3. The van der Waals surface area contributed by atoms with Crippen molar-refractivity contribution < 1.29 is 13.5 Å². The summed E-state index contributed by atoms with van der Waals surface area (Å²) < 4.78 is 34.0. The largest absolute Gasteiger partial charge is 0.479 e. The summed E-state index contributed by atoms with van der Waals surface area (Å²) in [7, 11) is 0. The van der Waals surface area contributed by atoms with Gasteiger partial charge < -0.3 is 4.74 Å². The molecular weight excluding hydrogens is 276 g/mol. The summed E-state index contributed by atoms with van der Waals surface area (Å²) in [6, 6.07) is 2.30. The highest BCUT2D eigenvalue weighted by Gasteiger charge is 2.14. The van der Waals surface area contributed by atoms with Gasteiger partial charge in [-0.05, 0) is 24.6 Å². The lowest BCUT2D eigenvalue weighted by atomic mass is 10.2. The molecule has 0 aliphatic rings. The van der Waals surface area contributed by atoms with Crippen molar-refractivity contribution >= 4 is 11.6 Å². The van der Waals surface area contributed by atoms with Gasteiger partial charge in [0.15, 0.2) is 23.2 Å². The van der Waals surface area contributed by atoms with Crippen LogP contribution in [0.3, 0.4) is 0 Å². The molecule has 0 atom stereocenters. The molecule has 1 heterocycles. The van der Waals surface area contributed by atoms with Crippen molar-refractivity contribution in [1.82, 2.24) is 14.8 Å². The molecule has 0 unspecified atom stereocenters. The first kappa shape index (κ1) is 13.7. The van der Waals surface area contributed by atoms with Gasteiger partial charge in [0, 0.05) is 12.4 Å². The SMILES string of the molecule is CCn1ncnc1COc1c(F)cc(CCl)cc1F. The van der Waals surface area contributed by atoms with Gasteiger partial charge in [0.2, 0.25) is 0 Å². The Morgan fingerprint density at radius 3 is 2.58 bits per heavy atom. The molecule has 0 saturated carbocycles. The van der Waals surface area contributed by atoms with Crippen LogP contribution in [0.2, 0.25) is 0 Å². The second-order valence-corrected chi connectivity index (χ2v) is 4.07. The van der Waals surface area contributed by atoms with Crippen LogP contribution in [-0.4, -0.2) is 14.8 Å². The normalized spacial score (nSPS) is 10.7. The van der Waals surface area contributed by atoms with E-state index in [1.54, 1.807) is 4.68 Å². The molecule has 7 heteroatoms. The van der Waals surface area contributed by atoms with Gasteiger partial charge >= 0.3 is 0 Å². The van der Waals surface area contributed by atoms with Crippen LogP contribution >= 0.6 is 11.6 Å². The molecule has 19 heavy (non-hydrogen) atoms. The lowest BCUT2D eigenvalue weighted by Crippen LogP contribution is -2.08. The molecule has 1 aromatic heterocycles. The summed E-state index contributed by atoms with van der Waals surface area (Å²) >= 11 is 5.53. The first-order chi connectivity index (χ1) is 9.15. The average Bonchev–Trinajstić information content (AvgIpc) is 2.85. The van der Waals surface area contributed by atoms with Crippen LogP contribution < -0.4 is 4.74 Å². The zero-order valence-electron chi connectivity index (χ0n) is 10.2. The number of aryl methyl sites for hydroxylation is 1. The first-order valence-electron chi connectivity index (χ1n) is 5.69. The van der Waals surface area contributed by atoms with E-state index in [2.05, 4.69) is 10.1 Å². The summed E-state index contributed by atoms with van der Waals surface area (Å²) in [4.78, 5) is 3.96. The van der Waals surface area contributed by atoms with Gasteiger partial charge in [-0.1, -0.05) is 0 Å². The molecule has 0 radical (unpaired) electrons. The van der Waals surface area contributed by atoms with Crippen LogP contribution in [0.15, 0.2) is 18.5 Å². The molecule has 0 N–H and O–H groups in total. The average molecular weight is 288 g/mol. The third-order valence-electron chi connectivity index (χ3n) is 2.55. The van der Waals surface area contributed by atoms with Crippen LogP contribution in [0.4, 0.5) is 8.78 Å². The summed E-state index contributed by atoms with van der Waals surface area (Å²) in [5.74, 6) is -1.45. The fourth-order valence-electron chi connectivity index (χ4n) is 1.63. The Morgan fingerprint density at radius 2 is 2.00 bits per heavy atom. The van der Waals surface area contributed by atoms with Gasteiger partial charge in [0.1, 0.15) is 12.9 Å². The van der Waals surface area contributed by atoms with Crippen molar-refractivity contribution in [1.29, 1.82) is 0 Å². The molecular formula is C12H12ClF2N3O. The molecule has 0 saturated heterocycles. The van der Waals surface area contributed by atoms with Crippen molar-refractivity contribution in [3.63, 3.8) is 0 Å². The van der Waals surface area contributed by atoms with E-state index >= 15 is 0 Å². The molecule has 2 rings (SSSR count). The summed E-state index contributed by atoms with van der Waals surface area (Å²) in [5.41, 5.74) is 0.362. The fourth-order valence-corrected chi connectivity index (χ4v) is 1.78. The van der Waals surface area contributed by atoms with Crippen LogP contribution in [0.1, 0.15) is 18.3 Å². The summed E-state index contributed by atoms with van der Waals surface area (Å²) in [6.07, 6.45) is 1.37. The molecule has 0 aliphatic carbocycles. The Morgan fingerprint density at radius 1 is 1.32 bits per heavy atom. The first-order valence-corrected chi connectivity index (χ1v) is 6.22. The predicted octanol–water partition coefficient (Wildman–Crippen LogP) is 2.89. The Balaban J connectivity index is 2.16. The Kier molecular flexibility index (Phi) is 4.31. The van der Waals surface area contributed by atoms with E-state index in [-0.39, 0.29) is 12.5 Å². The number of alkyl halides is 1. The van der Waals surface area contributed by atoms with Crippen LogP contribution in [0, 0.1) is 11.6 Å². The van der Waals surface area contributed by atoms with E-state index in [4.69, 9.17) is 16.3 Å². The van der Waals surface area contributed by atoms with Crippen molar-refractivity contribution in [2.45, 2.75) is 26.0 Å². The highest BCUT2D eigenvalue weighted by molar-refractivity contribution is 6.17. The molecule has 0 amide bonds. The summed E-state index contributed by atoms with van der Waals surface area (Å²) in [6.45, 7) is 2.44. The molecule has 0 spiro atoms. The van der Waals surface area contributed by atoms with E-state index in [1.165, 1.54) is 6.33 Å². The zero-order chi connectivity index (χ0) is 13.8. The predicted molar refractivity (Wildman–Crippen MR) is 65.9 cm³/mol. The molecule has 4 nitrogen and oxygen atoms in total. The molecule has 0 fully saturated rings. The van der Waals surface area contributed by atoms with E-state index in [0.717, 1.165) is 12.1 Å². The number of benzene rings is 1. The monoisotopic (exact) mass is 287 g/mol. The topological polar surface area (TPSA) is 39.9 Å². The highest BCUT2D eigenvalue weighted by atomic mass is 35.5. The number of nitrogens with zero attached hydrogens (tertiary/aromatic N) is 3. The van der Waals surface area contributed by atoms with Crippen LogP contribution in [0.25, 0.3) is 0 Å². The Hall–Kier alpha value is -1.69. The molecule has 2 aromatic rings. The van der Waals surface area contributed by atoms with Gasteiger partial charge in [-0.15, -0.1) is 11.6 Å². The van der Waals surface area contributed by atoms with Crippen LogP contribution in [-0.2, 0) is 19.0 Å². The van der Waals surface area contributed by atoms with E-state index in [0.29, 0.717) is 17.9 Å². The maximum absolute atomic E-state index is 13.6. The molecule has 0 bridgehead atoms. The number of aromatic nitrogens is 3. The lowest BCUT2D eigenvalue weighted by molar-refractivity contribution is 0.259. The minimum absolute atomic E-state index is 0.0400. The van der Waals surface area contributed by atoms with E-state index < -0.39 is 17.4 Å². The zero-order valence-corrected chi connectivity index (χ0v) is 11.0. The van der Waals surface area contributed by atoms with Gasteiger partial charge in [-0.25, -0.2) is 18.4 Å². The molecule has 102 valence electrons. The number of hydrogen-bond donors (Lipinski definition) is 0. The third-order valence-corrected chi connectivity index (χ3v) is 2.86. The van der Waals surface area contributed by atoms with Gasteiger partial charge in [0.05, 0.1) is 0 Å². The van der Waals surface area contributed by atoms with Crippen molar-refractivity contribution in [2.24, 2.45) is 0 Å². The molecule has 0 aliphatic heterocycles. The Labute approximate surface area is 114 Å². The molecule has 1 aromatic carbocycles. The lowest BCUT2D eigenvalue weighted by Gasteiger charge is -2.09. The van der Waals surface area contributed by atoms with Gasteiger partial charge in [-0.3, -0.25) is 0 Å². The Bertz CT molecular complexity index is 551. The highest BCUT2D eigenvalue weighted by Crippen LogP contribution is 2.24. The van der Waals surface area contributed by atoms with Gasteiger partial charge in [0.25, 0.3) is 0 Å². The summed E-state index contributed by atoms with van der Waals surface area (Å²) in [5, 5.41) is 3.94. The minimum atomic E-state index is -0.779. The van der Waals surface area contributed by atoms with Crippen molar-refractivity contribution in [3.8, 4) is 5.75 Å². The third kappa shape index (κ3) is 3.01. The quantitative estimate of drug-likeness (QED) is 0.794. The number of ether oxygens (including phenoxy) is 1. The minimum Gasteiger partial charge on any atom is -0.479 e. The smallest absolute Gasteiger partial charge is 0.191 e. The van der Waals surface area contributed by atoms with E-state index in [9.17, 15) is 8.78 Å². The van der Waals surface area contributed by atoms with Crippen LogP contribution in [0.5, 0.6) is 5.75 Å². The van der Waals surface area contributed by atoms with Gasteiger partial charge in [-0.2, -0.15) is 5.10 Å². The number of rotatable bonds is 5. The number of halogens is 3. The van der Waals surface area contributed by atoms with E-state index in [1.807, 2.05) is 6.92 Å². The second-order valence-electron chi connectivity index (χ2n) is 3.80. The van der Waals surface area contributed by atoms with Crippen molar-refractivity contribution in [2.75, 3.05) is 0 Å². The van der Waals surface area contributed by atoms with Crippen molar-refractivity contribution in [3.05, 3.63) is 41.5 Å².